The molecule has 0 N–H and O–H groups in total. The van der Waals surface area contributed by atoms with Crippen LogP contribution in [0.4, 0.5) is 0 Å². The average molecular weight is 308 g/mol. The summed E-state index contributed by atoms with van der Waals surface area (Å²) >= 11 is 0. The highest BCUT2D eigenvalue weighted by atomic mass is 16.5. The molecule has 0 aromatic heterocycles. The fourth-order valence-electron chi connectivity index (χ4n) is 2.59. The number of allylic oxidation sites excluding steroid dienone is 4. The van der Waals surface area contributed by atoms with Gasteiger partial charge in [-0.2, -0.15) is 0 Å². The quantitative estimate of drug-likeness (QED) is 0.367. The Kier molecular flexibility index (Phi) is 7.92. The number of hydrogen-bond donors (Lipinski definition) is 0. The van der Waals surface area contributed by atoms with Crippen molar-refractivity contribution in [2.24, 2.45) is 5.41 Å². The van der Waals surface area contributed by atoms with Gasteiger partial charge in [-0.15, -0.1) is 0 Å². The molecule has 124 valence electrons. The third-order valence-electron chi connectivity index (χ3n) is 3.86. The number of carbonyl (C=O) groups excluding carboxylic acids is 2. The number of ether oxygens (including phenoxy) is 2. The summed E-state index contributed by atoms with van der Waals surface area (Å²) < 4.78 is 10.4. The first-order valence-corrected chi connectivity index (χ1v) is 8.07. The summed E-state index contributed by atoms with van der Waals surface area (Å²) in [6, 6.07) is 0. The molecule has 0 fully saturated rings. The van der Waals surface area contributed by atoms with Gasteiger partial charge in [0.1, 0.15) is 13.2 Å². The number of hydrogen-bond acceptors (Lipinski definition) is 4. The molecule has 0 aromatic rings. The number of esters is 2. The number of unbranched alkanes of at least 4 members (excludes halogenated alkanes) is 2. The fourth-order valence-corrected chi connectivity index (χ4v) is 2.59. The topological polar surface area (TPSA) is 52.6 Å². The minimum absolute atomic E-state index is 0.288. The van der Waals surface area contributed by atoms with E-state index in [9.17, 15) is 9.59 Å². The first-order valence-electron chi connectivity index (χ1n) is 8.07. The lowest BCUT2D eigenvalue weighted by atomic mass is 9.85. The van der Waals surface area contributed by atoms with E-state index in [2.05, 4.69) is 25.2 Å². The second-order valence-corrected chi connectivity index (χ2v) is 6.12. The van der Waals surface area contributed by atoms with Crippen molar-refractivity contribution in [3.8, 4) is 0 Å². The molecule has 0 aromatic carbocycles. The van der Waals surface area contributed by atoms with E-state index in [1.54, 1.807) is 0 Å². The van der Waals surface area contributed by atoms with Crippen molar-refractivity contribution in [1.82, 2.24) is 0 Å². The standard InChI is InChI=1S/C18H28O4/c1-4-5-6-7-8-9-17-10-11-18(12-17,13-21-15(2)19)14-22-16(3)20/h7-8,10H,4-6,9,11-14H2,1-3H3/b8-7+. The molecule has 0 atom stereocenters. The summed E-state index contributed by atoms with van der Waals surface area (Å²) in [5, 5.41) is 0. The van der Waals surface area contributed by atoms with Gasteiger partial charge in [0.25, 0.3) is 0 Å². The van der Waals surface area contributed by atoms with Crippen LogP contribution in [0.15, 0.2) is 23.8 Å². The van der Waals surface area contributed by atoms with Crippen LogP contribution in [-0.2, 0) is 19.1 Å². The van der Waals surface area contributed by atoms with Crippen molar-refractivity contribution in [3.05, 3.63) is 23.8 Å². The second-order valence-electron chi connectivity index (χ2n) is 6.12. The molecule has 1 aliphatic carbocycles. The van der Waals surface area contributed by atoms with Crippen LogP contribution >= 0.6 is 0 Å². The van der Waals surface area contributed by atoms with E-state index in [1.807, 2.05) is 0 Å². The molecule has 1 aliphatic rings. The molecule has 0 radical (unpaired) electrons. The normalized spacial score (nSPS) is 16.6. The van der Waals surface area contributed by atoms with Gasteiger partial charge in [0, 0.05) is 19.3 Å². The van der Waals surface area contributed by atoms with Crippen molar-refractivity contribution in [3.63, 3.8) is 0 Å². The maximum absolute atomic E-state index is 11.1. The molecular weight excluding hydrogens is 280 g/mol. The van der Waals surface area contributed by atoms with Gasteiger partial charge in [-0.3, -0.25) is 9.59 Å². The highest BCUT2D eigenvalue weighted by molar-refractivity contribution is 5.66. The van der Waals surface area contributed by atoms with Crippen molar-refractivity contribution in [2.45, 2.75) is 59.3 Å². The molecule has 0 saturated carbocycles. The molecule has 0 bridgehead atoms. The Hall–Kier alpha value is -1.58. The lowest BCUT2D eigenvalue weighted by Gasteiger charge is -2.28. The van der Waals surface area contributed by atoms with Crippen LogP contribution in [0.5, 0.6) is 0 Å². The van der Waals surface area contributed by atoms with Crippen LogP contribution < -0.4 is 0 Å². The minimum Gasteiger partial charge on any atom is -0.465 e. The first-order chi connectivity index (χ1) is 10.5. The highest BCUT2D eigenvalue weighted by Gasteiger charge is 2.36. The van der Waals surface area contributed by atoms with Crippen LogP contribution in [0.25, 0.3) is 0 Å². The van der Waals surface area contributed by atoms with Gasteiger partial charge in [-0.25, -0.2) is 0 Å². The van der Waals surface area contributed by atoms with Crippen LogP contribution in [-0.4, -0.2) is 25.2 Å². The van der Waals surface area contributed by atoms with Crippen LogP contribution in [0.2, 0.25) is 0 Å². The zero-order valence-electron chi connectivity index (χ0n) is 14.0. The van der Waals surface area contributed by atoms with Crippen molar-refractivity contribution >= 4 is 11.9 Å². The molecule has 0 amide bonds. The SMILES string of the molecule is CCCC/C=C/CC1=CCC(COC(C)=O)(COC(C)=O)C1. The molecular formula is C18H28O4. The van der Waals surface area contributed by atoms with Gasteiger partial charge in [0.15, 0.2) is 0 Å². The minimum atomic E-state index is -0.296. The van der Waals surface area contributed by atoms with E-state index in [1.165, 1.54) is 32.3 Å². The average Bonchev–Trinajstić information content (AvgIpc) is 2.87. The molecule has 4 nitrogen and oxygen atoms in total. The summed E-state index contributed by atoms with van der Waals surface area (Å²) in [6.45, 7) is 5.59. The molecule has 1 rings (SSSR count). The zero-order chi connectivity index (χ0) is 16.4. The van der Waals surface area contributed by atoms with Gasteiger partial charge in [-0.05, 0) is 25.7 Å². The smallest absolute Gasteiger partial charge is 0.302 e. The van der Waals surface area contributed by atoms with Gasteiger partial charge in [0.2, 0.25) is 0 Å². The van der Waals surface area contributed by atoms with Gasteiger partial charge < -0.3 is 9.47 Å². The summed E-state index contributed by atoms with van der Waals surface area (Å²) in [5.74, 6) is -0.592. The third kappa shape index (κ3) is 6.92. The van der Waals surface area contributed by atoms with E-state index in [-0.39, 0.29) is 17.4 Å². The maximum Gasteiger partial charge on any atom is 0.302 e. The van der Waals surface area contributed by atoms with Gasteiger partial charge >= 0.3 is 11.9 Å². The van der Waals surface area contributed by atoms with E-state index in [0.29, 0.717) is 13.2 Å². The Morgan fingerprint density at radius 1 is 1.18 bits per heavy atom. The molecule has 0 spiro atoms. The lowest BCUT2D eigenvalue weighted by Crippen LogP contribution is -2.31. The predicted octanol–water partition coefficient (Wildman–Crippen LogP) is 3.96. The second kappa shape index (κ2) is 9.44. The Morgan fingerprint density at radius 2 is 1.82 bits per heavy atom. The molecule has 0 saturated heterocycles. The molecule has 4 heteroatoms. The summed E-state index contributed by atoms with van der Waals surface area (Å²) in [5.41, 5.74) is 1.04. The third-order valence-corrected chi connectivity index (χ3v) is 3.86. The van der Waals surface area contributed by atoms with Crippen molar-refractivity contribution in [2.75, 3.05) is 13.2 Å². The predicted molar refractivity (Wildman–Crippen MR) is 86.3 cm³/mol. The summed E-state index contributed by atoms with van der Waals surface area (Å²) in [7, 11) is 0. The molecule has 0 unspecified atom stereocenters. The zero-order valence-corrected chi connectivity index (χ0v) is 14.0. The molecule has 0 aliphatic heterocycles. The first kappa shape index (κ1) is 18.5. The monoisotopic (exact) mass is 308 g/mol. The highest BCUT2D eigenvalue weighted by Crippen LogP contribution is 2.39. The van der Waals surface area contributed by atoms with Crippen LogP contribution in [0, 0.1) is 5.41 Å². The lowest BCUT2D eigenvalue weighted by molar-refractivity contribution is -0.150. The number of rotatable bonds is 9. The van der Waals surface area contributed by atoms with Crippen LogP contribution in [0.3, 0.4) is 0 Å². The van der Waals surface area contributed by atoms with E-state index >= 15 is 0 Å². The Bertz CT molecular complexity index is 416. The Balaban J connectivity index is 2.51. The molecule has 0 heterocycles. The van der Waals surface area contributed by atoms with Crippen molar-refractivity contribution in [1.29, 1.82) is 0 Å². The van der Waals surface area contributed by atoms with Crippen molar-refractivity contribution < 1.29 is 19.1 Å². The van der Waals surface area contributed by atoms with Gasteiger partial charge in [0.05, 0.1) is 0 Å². The fraction of sp³-hybridized carbons (Fsp3) is 0.667. The Morgan fingerprint density at radius 3 is 2.36 bits per heavy atom. The Labute approximate surface area is 133 Å². The summed E-state index contributed by atoms with van der Waals surface area (Å²) in [4.78, 5) is 22.2. The van der Waals surface area contributed by atoms with Crippen LogP contribution in [0.1, 0.15) is 59.3 Å². The summed E-state index contributed by atoms with van der Waals surface area (Å²) in [6.07, 6.45) is 12.7. The maximum atomic E-state index is 11.1. The largest absolute Gasteiger partial charge is 0.465 e. The van der Waals surface area contributed by atoms with E-state index in [4.69, 9.17) is 9.47 Å². The van der Waals surface area contributed by atoms with E-state index in [0.717, 1.165) is 25.7 Å². The molecule has 22 heavy (non-hydrogen) atoms. The number of carbonyl (C=O) groups is 2. The van der Waals surface area contributed by atoms with E-state index < -0.39 is 0 Å². The van der Waals surface area contributed by atoms with Gasteiger partial charge in [-0.1, -0.05) is 43.6 Å².